The average Bonchev–Trinajstić information content (AvgIpc) is 2.13. The number of carbonyl (C=O) groups excluding carboxylic acids is 1. The predicted octanol–water partition coefficient (Wildman–Crippen LogP) is 2.35. The number of carbonyl (C=O) groups is 1. The van der Waals surface area contributed by atoms with E-state index in [1.165, 1.54) is 0 Å². The lowest BCUT2D eigenvalue weighted by atomic mass is 10.0. The smallest absolute Gasteiger partial charge is 0.219 e. The molecule has 0 bridgehead atoms. The van der Waals surface area contributed by atoms with Crippen LogP contribution < -0.4 is 5.32 Å². The maximum absolute atomic E-state index is 11.1. The van der Waals surface area contributed by atoms with Crippen LogP contribution in [0.2, 0.25) is 0 Å². The molecule has 0 radical (unpaired) electrons. The first-order valence-corrected chi connectivity index (χ1v) is 6.43. The summed E-state index contributed by atoms with van der Waals surface area (Å²) < 4.78 is 5.84. The van der Waals surface area contributed by atoms with Crippen molar-refractivity contribution in [2.24, 2.45) is 0 Å². The number of ether oxygens (including phenoxy) is 1. The van der Waals surface area contributed by atoms with Crippen molar-refractivity contribution in [3.63, 3.8) is 0 Å². The van der Waals surface area contributed by atoms with Crippen LogP contribution in [0.5, 0.6) is 0 Å². The van der Waals surface area contributed by atoms with E-state index in [-0.39, 0.29) is 16.7 Å². The molecule has 0 aliphatic rings. The zero-order chi connectivity index (χ0) is 12.8. The summed E-state index contributed by atoms with van der Waals surface area (Å²) in [7, 11) is 2.77. The Bertz CT molecular complexity index is 222. The molecule has 0 saturated carbocycles. The van der Waals surface area contributed by atoms with Gasteiger partial charge in [0.25, 0.3) is 0 Å². The Morgan fingerprint density at radius 1 is 1.31 bits per heavy atom. The van der Waals surface area contributed by atoms with Crippen molar-refractivity contribution in [2.45, 2.75) is 58.2 Å². The second kappa shape index (κ2) is 6.56. The first-order chi connectivity index (χ1) is 7.16. The highest BCUT2D eigenvalue weighted by molar-refractivity contribution is 7.18. The summed E-state index contributed by atoms with van der Waals surface area (Å²) in [4.78, 5) is 11.1. The largest absolute Gasteiger partial charge is 0.375 e. The molecule has 0 spiro atoms. The van der Waals surface area contributed by atoms with Crippen LogP contribution in [0.3, 0.4) is 0 Å². The van der Waals surface area contributed by atoms with E-state index in [1.807, 2.05) is 6.92 Å². The molecule has 0 aliphatic carbocycles. The number of hydrogen-bond acceptors (Lipinski definition) is 2. The van der Waals surface area contributed by atoms with Crippen LogP contribution in [0.4, 0.5) is 0 Å². The van der Waals surface area contributed by atoms with Crippen LogP contribution in [0.25, 0.3) is 0 Å². The first kappa shape index (κ1) is 15.9. The third kappa shape index (κ3) is 9.11. The van der Waals surface area contributed by atoms with Crippen LogP contribution in [-0.2, 0) is 9.53 Å². The third-order valence-corrected chi connectivity index (χ3v) is 2.37. The minimum absolute atomic E-state index is 0.0992. The van der Waals surface area contributed by atoms with Crippen molar-refractivity contribution in [2.75, 3.05) is 13.2 Å². The molecule has 4 heteroatoms. The van der Waals surface area contributed by atoms with Gasteiger partial charge in [0.2, 0.25) is 5.91 Å². The molecule has 1 N–H and O–H groups in total. The van der Waals surface area contributed by atoms with Gasteiger partial charge in [-0.3, -0.25) is 4.79 Å². The number of nitrogens with one attached hydrogen (secondary N) is 1. The lowest BCUT2D eigenvalue weighted by Gasteiger charge is -2.29. The number of hydrogen-bond donors (Lipinski definition) is 1. The van der Waals surface area contributed by atoms with Crippen molar-refractivity contribution in [3.8, 4) is 0 Å². The van der Waals surface area contributed by atoms with Crippen LogP contribution in [-0.4, -0.2) is 29.8 Å². The van der Waals surface area contributed by atoms with Gasteiger partial charge in [-0.1, -0.05) is 20.8 Å². The van der Waals surface area contributed by atoms with Crippen molar-refractivity contribution in [1.82, 2.24) is 5.32 Å². The first-order valence-electron chi connectivity index (χ1n) is 5.86. The molecule has 0 aromatic carbocycles. The zero-order valence-electron chi connectivity index (χ0n) is 11.2. The molecule has 3 nitrogen and oxygen atoms in total. The fourth-order valence-electron chi connectivity index (χ4n) is 1.08. The fraction of sp³-hybridized carbons (Fsp3) is 0.917. The molecule has 1 amide bonds. The van der Waals surface area contributed by atoms with Crippen molar-refractivity contribution in [3.05, 3.63) is 0 Å². The lowest BCUT2D eigenvalue weighted by molar-refractivity contribution is -0.121. The number of amides is 1. The highest BCUT2D eigenvalue weighted by atomic mass is 31.0. The third-order valence-electron chi connectivity index (χ3n) is 2.21. The van der Waals surface area contributed by atoms with E-state index in [4.69, 9.17) is 4.74 Å². The van der Waals surface area contributed by atoms with Gasteiger partial charge >= 0.3 is 0 Å². The Hall–Kier alpha value is -0.140. The van der Waals surface area contributed by atoms with Gasteiger partial charge < -0.3 is 10.1 Å². The molecule has 0 saturated heterocycles. The molecule has 96 valence electrons. The zero-order valence-corrected chi connectivity index (χ0v) is 12.4. The van der Waals surface area contributed by atoms with Gasteiger partial charge in [-0.05, 0) is 20.3 Å². The van der Waals surface area contributed by atoms with E-state index in [1.54, 1.807) is 0 Å². The van der Waals surface area contributed by atoms with Crippen LogP contribution in [0.15, 0.2) is 0 Å². The summed E-state index contributed by atoms with van der Waals surface area (Å²) in [6.07, 6.45) is 1.37. The van der Waals surface area contributed by atoms with E-state index < -0.39 is 0 Å². The Morgan fingerprint density at radius 3 is 2.31 bits per heavy atom. The summed E-state index contributed by atoms with van der Waals surface area (Å²) in [5, 5.41) is 2.96. The highest BCUT2D eigenvalue weighted by Gasteiger charge is 2.21. The topological polar surface area (TPSA) is 38.3 Å². The van der Waals surface area contributed by atoms with Gasteiger partial charge in [0.05, 0.1) is 12.2 Å². The van der Waals surface area contributed by atoms with E-state index >= 15 is 0 Å². The van der Waals surface area contributed by atoms with E-state index in [9.17, 15) is 4.79 Å². The Kier molecular flexibility index (Phi) is 6.50. The Balaban J connectivity index is 3.83. The molecular weight excluding hydrogens is 221 g/mol. The van der Waals surface area contributed by atoms with Gasteiger partial charge in [-0.15, -0.1) is 9.24 Å². The summed E-state index contributed by atoms with van der Waals surface area (Å²) in [6, 6.07) is 0. The maximum Gasteiger partial charge on any atom is 0.219 e. The Labute approximate surface area is 102 Å². The van der Waals surface area contributed by atoms with Crippen molar-refractivity contribution >= 4 is 15.1 Å². The second-order valence-electron chi connectivity index (χ2n) is 5.49. The van der Waals surface area contributed by atoms with E-state index in [0.717, 1.165) is 6.42 Å². The van der Waals surface area contributed by atoms with Gasteiger partial charge in [0.1, 0.15) is 0 Å². The number of rotatable bonds is 7. The molecule has 0 aromatic rings. The Morgan fingerprint density at radius 2 is 1.88 bits per heavy atom. The molecule has 1 atom stereocenters. The molecule has 0 aromatic heterocycles. The second-order valence-corrected chi connectivity index (χ2v) is 7.05. The molecule has 0 heterocycles. The van der Waals surface area contributed by atoms with Gasteiger partial charge in [-0.2, -0.15) is 0 Å². The van der Waals surface area contributed by atoms with E-state index in [2.05, 4.69) is 42.3 Å². The molecule has 0 rings (SSSR count). The fourth-order valence-corrected chi connectivity index (χ4v) is 1.16. The minimum Gasteiger partial charge on any atom is -0.375 e. The average molecular weight is 247 g/mol. The molecule has 0 aliphatic heterocycles. The van der Waals surface area contributed by atoms with Gasteiger partial charge in [0.15, 0.2) is 0 Å². The SMILES string of the molecule is CCC(=O)NCCC(C)(C)OCC(C)(C)P. The predicted molar refractivity (Wildman–Crippen MR) is 71.7 cm³/mol. The normalized spacial score (nSPS) is 12.6. The van der Waals surface area contributed by atoms with Crippen LogP contribution >= 0.6 is 9.24 Å². The van der Waals surface area contributed by atoms with Crippen LogP contribution in [0.1, 0.15) is 47.5 Å². The van der Waals surface area contributed by atoms with Gasteiger partial charge in [-0.25, -0.2) is 0 Å². The lowest BCUT2D eigenvalue weighted by Crippen LogP contribution is -2.35. The quantitative estimate of drug-likeness (QED) is 0.701. The minimum atomic E-state index is -0.186. The summed E-state index contributed by atoms with van der Waals surface area (Å²) in [6.45, 7) is 11.6. The van der Waals surface area contributed by atoms with Crippen molar-refractivity contribution < 1.29 is 9.53 Å². The monoisotopic (exact) mass is 247 g/mol. The van der Waals surface area contributed by atoms with Crippen molar-refractivity contribution in [1.29, 1.82) is 0 Å². The van der Waals surface area contributed by atoms with Gasteiger partial charge in [0, 0.05) is 18.1 Å². The summed E-state index contributed by atoms with van der Waals surface area (Å²) in [5.74, 6) is 0.0992. The molecule has 0 fully saturated rings. The molecule has 16 heavy (non-hydrogen) atoms. The van der Waals surface area contributed by atoms with E-state index in [0.29, 0.717) is 19.6 Å². The highest BCUT2D eigenvalue weighted by Crippen LogP contribution is 2.21. The standard InChI is InChI=1S/C12H26NO2P/c1-6-10(14)13-8-7-11(2,3)15-9-12(4,5)16/h6-9,16H2,1-5H3,(H,13,14). The summed E-state index contributed by atoms with van der Waals surface area (Å²) in [5.41, 5.74) is -0.186. The maximum atomic E-state index is 11.1. The van der Waals surface area contributed by atoms with Crippen LogP contribution in [0, 0.1) is 0 Å². The summed E-state index contributed by atoms with van der Waals surface area (Å²) >= 11 is 0. The molecule has 1 unspecified atom stereocenters. The molecular formula is C12H26NO2P.